The number of benzene rings is 1. The molecule has 2 aromatic rings. The molecule has 0 saturated carbocycles. The Bertz CT molecular complexity index is 586. The SMILES string of the molecule is COc1ccc2c(C(=O)CC(N)=O)c[nH]c2c1. The Morgan fingerprint density at radius 3 is 2.82 bits per heavy atom. The fourth-order valence-corrected chi connectivity index (χ4v) is 1.72. The summed E-state index contributed by atoms with van der Waals surface area (Å²) in [5.74, 6) is -0.208. The summed E-state index contributed by atoms with van der Waals surface area (Å²) in [6, 6.07) is 5.33. The molecule has 1 aromatic carbocycles. The van der Waals surface area contributed by atoms with Crippen LogP contribution in [0.25, 0.3) is 10.9 Å². The first-order valence-electron chi connectivity index (χ1n) is 5.08. The fourth-order valence-electron chi connectivity index (χ4n) is 1.72. The standard InChI is InChI=1S/C12H12N2O3/c1-17-7-2-3-8-9(6-14-10(8)4-7)11(15)5-12(13)16/h2-4,6,14H,5H2,1H3,(H2,13,16). The van der Waals surface area contributed by atoms with Crippen LogP contribution >= 0.6 is 0 Å². The molecule has 1 heterocycles. The number of Topliss-reactive ketones (excluding diaryl/α,β-unsaturated/α-hetero) is 1. The van der Waals surface area contributed by atoms with Crippen molar-refractivity contribution < 1.29 is 14.3 Å². The van der Waals surface area contributed by atoms with Crippen molar-refractivity contribution in [2.45, 2.75) is 6.42 Å². The van der Waals surface area contributed by atoms with E-state index < -0.39 is 5.91 Å². The predicted molar refractivity (Wildman–Crippen MR) is 63.0 cm³/mol. The summed E-state index contributed by atoms with van der Waals surface area (Å²) in [4.78, 5) is 25.4. The van der Waals surface area contributed by atoms with Gasteiger partial charge >= 0.3 is 0 Å². The van der Waals surface area contributed by atoms with E-state index in [0.29, 0.717) is 11.3 Å². The Morgan fingerprint density at radius 2 is 2.18 bits per heavy atom. The second-order valence-corrected chi connectivity index (χ2v) is 3.68. The molecule has 3 N–H and O–H groups in total. The second kappa shape index (κ2) is 4.29. The molecule has 0 atom stereocenters. The van der Waals surface area contributed by atoms with Gasteiger partial charge in [-0.05, 0) is 12.1 Å². The summed E-state index contributed by atoms with van der Waals surface area (Å²) < 4.78 is 5.08. The number of nitrogens with one attached hydrogen (secondary N) is 1. The first kappa shape index (κ1) is 11.2. The lowest BCUT2D eigenvalue weighted by Crippen LogP contribution is -2.15. The van der Waals surface area contributed by atoms with Crippen LogP contribution in [-0.2, 0) is 4.79 Å². The van der Waals surface area contributed by atoms with E-state index in [1.165, 1.54) is 0 Å². The highest BCUT2D eigenvalue weighted by Gasteiger charge is 2.14. The van der Waals surface area contributed by atoms with Gasteiger partial charge in [-0.15, -0.1) is 0 Å². The van der Waals surface area contributed by atoms with E-state index >= 15 is 0 Å². The third kappa shape index (κ3) is 2.13. The van der Waals surface area contributed by atoms with Crippen LogP contribution in [0.1, 0.15) is 16.8 Å². The zero-order chi connectivity index (χ0) is 12.4. The van der Waals surface area contributed by atoms with Crippen molar-refractivity contribution >= 4 is 22.6 Å². The van der Waals surface area contributed by atoms with Crippen molar-refractivity contribution in [2.24, 2.45) is 5.73 Å². The van der Waals surface area contributed by atoms with Crippen LogP contribution in [-0.4, -0.2) is 23.8 Å². The summed E-state index contributed by atoms with van der Waals surface area (Å²) in [5.41, 5.74) is 6.26. The van der Waals surface area contributed by atoms with Gasteiger partial charge in [0.2, 0.25) is 5.91 Å². The van der Waals surface area contributed by atoms with Gasteiger partial charge < -0.3 is 15.5 Å². The third-order valence-electron chi connectivity index (χ3n) is 2.52. The maximum absolute atomic E-state index is 11.7. The van der Waals surface area contributed by atoms with E-state index in [2.05, 4.69) is 4.98 Å². The van der Waals surface area contributed by atoms with E-state index in [1.54, 1.807) is 31.5 Å². The maximum atomic E-state index is 11.7. The van der Waals surface area contributed by atoms with Gasteiger partial charge in [-0.3, -0.25) is 9.59 Å². The van der Waals surface area contributed by atoms with Crippen LogP contribution in [0.4, 0.5) is 0 Å². The Labute approximate surface area is 97.6 Å². The second-order valence-electron chi connectivity index (χ2n) is 3.68. The molecule has 0 aliphatic carbocycles. The molecular formula is C12H12N2O3. The third-order valence-corrected chi connectivity index (χ3v) is 2.52. The number of aromatic amines is 1. The summed E-state index contributed by atoms with van der Waals surface area (Å²) in [6.07, 6.45) is 1.30. The Kier molecular flexibility index (Phi) is 2.82. The molecule has 0 bridgehead atoms. The lowest BCUT2D eigenvalue weighted by Gasteiger charge is -2.00. The van der Waals surface area contributed by atoms with E-state index in [-0.39, 0.29) is 12.2 Å². The molecule has 5 nitrogen and oxygen atoms in total. The highest BCUT2D eigenvalue weighted by atomic mass is 16.5. The summed E-state index contributed by atoms with van der Waals surface area (Å²) in [6.45, 7) is 0. The number of hydrogen-bond acceptors (Lipinski definition) is 3. The van der Waals surface area contributed by atoms with Crippen LogP contribution in [0.15, 0.2) is 24.4 Å². The van der Waals surface area contributed by atoms with Gasteiger partial charge in [-0.2, -0.15) is 0 Å². The molecule has 5 heteroatoms. The summed E-state index contributed by atoms with van der Waals surface area (Å²) in [7, 11) is 1.57. The molecule has 2 rings (SSSR count). The van der Waals surface area contributed by atoms with Crippen LogP contribution in [0.3, 0.4) is 0 Å². The van der Waals surface area contributed by atoms with Gasteiger partial charge in [0.15, 0.2) is 5.78 Å². The molecule has 0 saturated heterocycles. The molecule has 88 valence electrons. The van der Waals surface area contributed by atoms with E-state index in [0.717, 1.165) is 10.9 Å². The highest BCUT2D eigenvalue weighted by molar-refractivity contribution is 6.13. The average molecular weight is 232 g/mol. The number of ether oxygens (including phenoxy) is 1. The van der Waals surface area contributed by atoms with Crippen molar-refractivity contribution in [2.75, 3.05) is 7.11 Å². The smallest absolute Gasteiger partial charge is 0.225 e. The number of fused-ring (bicyclic) bond motifs is 1. The zero-order valence-electron chi connectivity index (χ0n) is 9.32. The molecule has 17 heavy (non-hydrogen) atoms. The first-order valence-corrected chi connectivity index (χ1v) is 5.08. The molecule has 0 spiro atoms. The van der Waals surface area contributed by atoms with E-state index in [9.17, 15) is 9.59 Å². The summed E-state index contributed by atoms with van der Waals surface area (Å²) >= 11 is 0. The number of H-pyrrole nitrogens is 1. The molecule has 1 aromatic heterocycles. The fraction of sp³-hybridized carbons (Fsp3) is 0.167. The van der Waals surface area contributed by atoms with Gasteiger partial charge in [-0.1, -0.05) is 0 Å². The number of nitrogens with two attached hydrogens (primary N) is 1. The number of amides is 1. The van der Waals surface area contributed by atoms with Gasteiger partial charge in [0, 0.05) is 28.7 Å². The topological polar surface area (TPSA) is 85.2 Å². The highest BCUT2D eigenvalue weighted by Crippen LogP contribution is 2.23. The van der Waals surface area contributed by atoms with Crippen molar-refractivity contribution in [1.82, 2.24) is 4.98 Å². The van der Waals surface area contributed by atoms with Gasteiger partial charge in [-0.25, -0.2) is 0 Å². The largest absolute Gasteiger partial charge is 0.497 e. The summed E-state index contributed by atoms with van der Waals surface area (Å²) in [5, 5.41) is 0.761. The molecule has 1 amide bonds. The number of methoxy groups -OCH3 is 1. The normalized spacial score (nSPS) is 10.4. The molecular weight excluding hydrogens is 220 g/mol. The lowest BCUT2D eigenvalue weighted by molar-refractivity contribution is -0.117. The maximum Gasteiger partial charge on any atom is 0.225 e. The minimum atomic E-state index is -0.627. The van der Waals surface area contributed by atoms with Gasteiger partial charge in [0.05, 0.1) is 13.5 Å². The number of rotatable bonds is 4. The quantitative estimate of drug-likeness (QED) is 0.614. The minimum absolute atomic E-state index is 0.279. The lowest BCUT2D eigenvalue weighted by atomic mass is 10.1. The molecule has 0 fully saturated rings. The zero-order valence-corrected chi connectivity index (χ0v) is 9.32. The number of primary amides is 1. The van der Waals surface area contributed by atoms with Crippen molar-refractivity contribution in [3.05, 3.63) is 30.0 Å². The number of aromatic nitrogens is 1. The van der Waals surface area contributed by atoms with E-state index in [1.807, 2.05) is 0 Å². The first-order chi connectivity index (χ1) is 8.11. The minimum Gasteiger partial charge on any atom is -0.497 e. The molecule has 0 radical (unpaired) electrons. The molecule has 0 unspecified atom stereocenters. The number of hydrogen-bond donors (Lipinski definition) is 2. The number of carbonyl (C=O) groups is 2. The van der Waals surface area contributed by atoms with Crippen LogP contribution in [0.2, 0.25) is 0 Å². The monoisotopic (exact) mass is 232 g/mol. The Balaban J connectivity index is 2.43. The number of ketones is 1. The van der Waals surface area contributed by atoms with E-state index in [4.69, 9.17) is 10.5 Å². The molecule has 0 aliphatic rings. The number of carbonyl (C=O) groups excluding carboxylic acids is 2. The Hall–Kier alpha value is -2.30. The van der Waals surface area contributed by atoms with Crippen molar-refractivity contribution in [1.29, 1.82) is 0 Å². The average Bonchev–Trinajstić information content (AvgIpc) is 2.70. The van der Waals surface area contributed by atoms with Gasteiger partial charge in [0.25, 0.3) is 0 Å². The molecule has 0 aliphatic heterocycles. The predicted octanol–water partition coefficient (Wildman–Crippen LogP) is 1.23. The van der Waals surface area contributed by atoms with Crippen LogP contribution in [0, 0.1) is 0 Å². The van der Waals surface area contributed by atoms with Crippen LogP contribution in [0.5, 0.6) is 5.75 Å². The Morgan fingerprint density at radius 1 is 1.41 bits per heavy atom. The van der Waals surface area contributed by atoms with Gasteiger partial charge in [0.1, 0.15) is 5.75 Å². The van der Waals surface area contributed by atoms with Crippen LogP contribution < -0.4 is 10.5 Å². The van der Waals surface area contributed by atoms with Crippen molar-refractivity contribution in [3.8, 4) is 5.75 Å². The van der Waals surface area contributed by atoms with Crippen molar-refractivity contribution in [3.63, 3.8) is 0 Å².